The van der Waals surface area contributed by atoms with E-state index in [0.29, 0.717) is 6.04 Å². The highest BCUT2D eigenvalue weighted by atomic mass is 79.9. The predicted octanol–water partition coefficient (Wildman–Crippen LogP) is 4.75. The number of halogens is 1. The molecule has 88 valence electrons. The number of hydrogen-bond acceptors (Lipinski definition) is 1. The molecule has 1 saturated carbocycles. The van der Waals surface area contributed by atoms with Crippen LogP contribution in [-0.4, -0.2) is 6.04 Å². The summed E-state index contributed by atoms with van der Waals surface area (Å²) < 4.78 is 1.20. The number of hydrogen-bond donors (Lipinski definition) is 1. The Kier molecular flexibility index (Phi) is 3.91. The summed E-state index contributed by atoms with van der Waals surface area (Å²) in [6.07, 6.45) is 5.38. The molecule has 0 heterocycles. The molecule has 1 aliphatic carbocycles. The minimum Gasteiger partial charge on any atom is -0.382 e. The Morgan fingerprint density at radius 2 is 2.19 bits per heavy atom. The second-order valence-electron chi connectivity index (χ2n) is 4.84. The maximum atomic E-state index is 3.68. The van der Waals surface area contributed by atoms with E-state index in [0.717, 1.165) is 5.92 Å². The van der Waals surface area contributed by atoms with E-state index in [4.69, 9.17) is 0 Å². The summed E-state index contributed by atoms with van der Waals surface area (Å²) in [6.45, 7) is 4.47. The summed E-state index contributed by atoms with van der Waals surface area (Å²) in [7, 11) is 0. The number of rotatable bonds is 3. The van der Waals surface area contributed by atoms with Crippen molar-refractivity contribution in [3.8, 4) is 0 Å². The van der Waals surface area contributed by atoms with Crippen molar-refractivity contribution >= 4 is 21.6 Å². The summed E-state index contributed by atoms with van der Waals surface area (Å²) in [6, 6.07) is 7.06. The van der Waals surface area contributed by atoms with Crippen molar-refractivity contribution in [1.29, 1.82) is 0 Å². The average Bonchev–Trinajstić information content (AvgIpc) is 2.73. The van der Waals surface area contributed by atoms with Crippen LogP contribution in [0.5, 0.6) is 0 Å². The van der Waals surface area contributed by atoms with E-state index in [2.05, 4.69) is 53.3 Å². The SMILES string of the molecule is CCC1CCC(Nc2cccc(Br)c2C)C1. The van der Waals surface area contributed by atoms with Crippen molar-refractivity contribution in [2.24, 2.45) is 5.92 Å². The first-order valence-corrected chi connectivity index (χ1v) is 7.01. The van der Waals surface area contributed by atoms with Crippen LogP contribution in [0.1, 0.15) is 38.2 Å². The molecule has 0 radical (unpaired) electrons. The van der Waals surface area contributed by atoms with Crippen molar-refractivity contribution in [2.45, 2.75) is 45.6 Å². The fraction of sp³-hybridized carbons (Fsp3) is 0.571. The van der Waals surface area contributed by atoms with Gasteiger partial charge in [0, 0.05) is 16.2 Å². The van der Waals surface area contributed by atoms with Crippen molar-refractivity contribution in [3.63, 3.8) is 0 Å². The van der Waals surface area contributed by atoms with Crippen LogP contribution in [0.3, 0.4) is 0 Å². The molecular weight excluding hydrogens is 262 g/mol. The third kappa shape index (κ3) is 2.60. The van der Waals surface area contributed by atoms with Gasteiger partial charge < -0.3 is 5.32 Å². The molecule has 2 heteroatoms. The first kappa shape index (κ1) is 12.0. The van der Waals surface area contributed by atoms with Crippen LogP contribution in [0.25, 0.3) is 0 Å². The van der Waals surface area contributed by atoms with Gasteiger partial charge in [0.25, 0.3) is 0 Å². The van der Waals surface area contributed by atoms with Crippen LogP contribution < -0.4 is 5.32 Å². The Hall–Kier alpha value is -0.500. The summed E-state index contributed by atoms with van der Waals surface area (Å²) in [4.78, 5) is 0. The maximum absolute atomic E-state index is 3.68. The third-order valence-electron chi connectivity index (χ3n) is 3.75. The fourth-order valence-electron chi connectivity index (χ4n) is 2.56. The molecule has 2 atom stereocenters. The van der Waals surface area contributed by atoms with Gasteiger partial charge in [0.15, 0.2) is 0 Å². The van der Waals surface area contributed by atoms with E-state index in [9.17, 15) is 0 Å². The van der Waals surface area contributed by atoms with Gasteiger partial charge in [-0.2, -0.15) is 0 Å². The quantitative estimate of drug-likeness (QED) is 0.843. The molecule has 2 rings (SSSR count). The van der Waals surface area contributed by atoms with E-state index >= 15 is 0 Å². The Morgan fingerprint density at radius 3 is 2.88 bits per heavy atom. The van der Waals surface area contributed by atoms with E-state index in [1.54, 1.807) is 0 Å². The third-order valence-corrected chi connectivity index (χ3v) is 4.60. The molecule has 1 aliphatic rings. The van der Waals surface area contributed by atoms with Gasteiger partial charge in [-0.3, -0.25) is 0 Å². The number of benzene rings is 1. The summed E-state index contributed by atoms with van der Waals surface area (Å²) in [5.41, 5.74) is 2.61. The first-order valence-electron chi connectivity index (χ1n) is 6.22. The van der Waals surface area contributed by atoms with Crippen LogP contribution in [0.2, 0.25) is 0 Å². The topological polar surface area (TPSA) is 12.0 Å². The lowest BCUT2D eigenvalue weighted by atomic mass is 10.1. The number of anilines is 1. The Bertz CT molecular complexity index is 362. The summed E-state index contributed by atoms with van der Waals surface area (Å²) in [5, 5.41) is 3.68. The second-order valence-corrected chi connectivity index (χ2v) is 5.70. The lowest BCUT2D eigenvalue weighted by Crippen LogP contribution is -2.16. The van der Waals surface area contributed by atoms with Crippen molar-refractivity contribution < 1.29 is 0 Å². The monoisotopic (exact) mass is 281 g/mol. The highest BCUT2D eigenvalue weighted by Gasteiger charge is 2.23. The molecule has 1 fully saturated rings. The normalized spacial score (nSPS) is 24.7. The lowest BCUT2D eigenvalue weighted by Gasteiger charge is -2.17. The fourth-order valence-corrected chi connectivity index (χ4v) is 2.93. The molecule has 1 N–H and O–H groups in total. The average molecular weight is 282 g/mol. The molecule has 0 spiro atoms. The van der Waals surface area contributed by atoms with Crippen LogP contribution in [0.15, 0.2) is 22.7 Å². The molecule has 16 heavy (non-hydrogen) atoms. The molecule has 1 aromatic rings. The van der Waals surface area contributed by atoms with Crippen LogP contribution >= 0.6 is 15.9 Å². The molecule has 0 bridgehead atoms. The molecule has 0 amide bonds. The standard InChI is InChI=1S/C14H20BrN/c1-3-11-7-8-12(9-11)16-14-6-4-5-13(15)10(14)2/h4-6,11-12,16H,3,7-9H2,1-2H3. The smallest absolute Gasteiger partial charge is 0.0383 e. The molecule has 2 unspecified atom stereocenters. The molecule has 0 aromatic heterocycles. The lowest BCUT2D eigenvalue weighted by molar-refractivity contribution is 0.525. The Balaban J connectivity index is 2.02. The zero-order valence-electron chi connectivity index (χ0n) is 10.1. The van der Waals surface area contributed by atoms with Gasteiger partial charge in [0.2, 0.25) is 0 Å². The van der Waals surface area contributed by atoms with Gasteiger partial charge in [0.1, 0.15) is 0 Å². The van der Waals surface area contributed by atoms with E-state index in [1.807, 2.05) is 0 Å². The molecule has 1 aromatic carbocycles. The maximum Gasteiger partial charge on any atom is 0.0383 e. The van der Waals surface area contributed by atoms with Gasteiger partial charge in [0.05, 0.1) is 0 Å². The minimum absolute atomic E-state index is 0.679. The van der Waals surface area contributed by atoms with E-state index in [-0.39, 0.29) is 0 Å². The molecule has 1 nitrogen and oxygen atoms in total. The van der Waals surface area contributed by atoms with Gasteiger partial charge in [-0.15, -0.1) is 0 Å². The molecule has 0 saturated heterocycles. The van der Waals surface area contributed by atoms with E-state index < -0.39 is 0 Å². The predicted molar refractivity (Wildman–Crippen MR) is 73.9 cm³/mol. The zero-order valence-corrected chi connectivity index (χ0v) is 11.7. The highest BCUT2D eigenvalue weighted by Crippen LogP contribution is 2.32. The summed E-state index contributed by atoms with van der Waals surface area (Å²) in [5.74, 6) is 0.935. The number of nitrogens with one attached hydrogen (secondary N) is 1. The van der Waals surface area contributed by atoms with Crippen molar-refractivity contribution in [1.82, 2.24) is 0 Å². The van der Waals surface area contributed by atoms with Crippen LogP contribution in [0, 0.1) is 12.8 Å². The zero-order chi connectivity index (χ0) is 11.5. The van der Waals surface area contributed by atoms with Crippen molar-refractivity contribution in [2.75, 3.05) is 5.32 Å². The first-order chi connectivity index (χ1) is 7.70. The largest absolute Gasteiger partial charge is 0.382 e. The van der Waals surface area contributed by atoms with E-state index in [1.165, 1.54) is 41.4 Å². The van der Waals surface area contributed by atoms with Crippen LogP contribution in [0.4, 0.5) is 5.69 Å². The van der Waals surface area contributed by atoms with Gasteiger partial charge in [-0.05, 0) is 49.8 Å². The van der Waals surface area contributed by atoms with Gasteiger partial charge in [-0.1, -0.05) is 35.3 Å². The Labute approximate surface area is 107 Å². The Morgan fingerprint density at radius 1 is 1.38 bits per heavy atom. The second kappa shape index (κ2) is 5.22. The van der Waals surface area contributed by atoms with Gasteiger partial charge in [-0.25, -0.2) is 0 Å². The molecular formula is C14H20BrN. The van der Waals surface area contributed by atoms with Crippen molar-refractivity contribution in [3.05, 3.63) is 28.2 Å². The van der Waals surface area contributed by atoms with Crippen LogP contribution in [-0.2, 0) is 0 Å². The van der Waals surface area contributed by atoms with Gasteiger partial charge >= 0.3 is 0 Å². The summed E-state index contributed by atoms with van der Waals surface area (Å²) >= 11 is 3.58. The molecule has 0 aliphatic heterocycles. The highest BCUT2D eigenvalue weighted by molar-refractivity contribution is 9.10. The minimum atomic E-state index is 0.679.